The number of thiocarbonyl (C=S) groups is 1. The molecule has 0 aromatic carbocycles. The maximum absolute atomic E-state index is 11.2. The van der Waals surface area contributed by atoms with E-state index in [0.717, 1.165) is 42.9 Å². The van der Waals surface area contributed by atoms with Gasteiger partial charge in [0.25, 0.3) is 0 Å². The van der Waals surface area contributed by atoms with Crippen molar-refractivity contribution in [2.45, 2.75) is 44.6 Å². The molecule has 1 aliphatic heterocycles. The van der Waals surface area contributed by atoms with Gasteiger partial charge in [-0.05, 0) is 56.2 Å². The minimum atomic E-state index is -0.161. The third-order valence-corrected chi connectivity index (χ3v) is 5.61. The molecule has 1 saturated heterocycles. The molecule has 0 unspecified atom stereocenters. The summed E-state index contributed by atoms with van der Waals surface area (Å²) in [5.41, 5.74) is 5.36. The molecule has 5 heteroatoms. The van der Waals surface area contributed by atoms with Gasteiger partial charge in [0, 0.05) is 25.0 Å². The fraction of sp³-hybridized carbons (Fsp3) is 0.857. The summed E-state index contributed by atoms with van der Waals surface area (Å²) in [5.74, 6) is 1.66. The summed E-state index contributed by atoms with van der Waals surface area (Å²) in [6, 6.07) is 0.597. The Morgan fingerprint density at radius 1 is 1.16 bits per heavy atom. The van der Waals surface area contributed by atoms with Crippen LogP contribution in [0.3, 0.4) is 0 Å². The maximum Gasteiger partial charge on any atom is 0.220 e. The molecule has 3 aliphatic rings. The van der Waals surface area contributed by atoms with E-state index < -0.39 is 0 Å². The number of likely N-dealkylation sites (tertiary alicyclic amines) is 1. The van der Waals surface area contributed by atoms with Gasteiger partial charge in [-0.15, -0.1) is 0 Å². The summed E-state index contributed by atoms with van der Waals surface area (Å²) >= 11 is 5.53. The number of amides is 1. The van der Waals surface area contributed by atoms with Crippen molar-refractivity contribution in [3.63, 3.8) is 0 Å². The van der Waals surface area contributed by atoms with Gasteiger partial charge in [0.2, 0.25) is 5.91 Å². The molecule has 0 radical (unpaired) electrons. The van der Waals surface area contributed by atoms with Crippen molar-refractivity contribution < 1.29 is 4.79 Å². The lowest BCUT2D eigenvalue weighted by Crippen LogP contribution is -2.50. The summed E-state index contributed by atoms with van der Waals surface area (Å²) in [6.45, 7) is 1.72. The number of carbonyl (C=O) groups excluding carboxylic acids is 1. The second kappa shape index (κ2) is 5.27. The van der Waals surface area contributed by atoms with Crippen LogP contribution in [-0.2, 0) is 4.79 Å². The fourth-order valence-corrected chi connectivity index (χ4v) is 4.37. The van der Waals surface area contributed by atoms with Crippen LogP contribution in [0.25, 0.3) is 0 Å². The smallest absolute Gasteiger partial charge is 0.220 e. The minimum absolute atomic E-state index is 0.0431. The summed E-state index contributed by atoms with van der Waals surface area (Å²) in [4.78, 5) is 13.4. The predicted molar refractivity (Wildman–Crippen MR) is 78.5 cm³/mol. The molecule has 19 heavy (non-hydrogen) atoms. The Kier molecular flexibility index (Phi) is 3.65. The van der Waals surface area contributed by atoms with Crippen molar-refractivity contribution in [2.24, 2.45) is 23.5 Å². The zero-order chi connectivity index (χ0) is 13.4. The molecule has 4 nitrogen and oxygen atoms in total. The molecule has 3 atom stereocenters. The van der Waals surface area contributed by atoms with Gasteiger partial charge in [-0.2, -0.15) is 0 Å². The van der Waals surface area contributed by atoms with Crippen molar-refractivity contribution in [1.82, 2.24) is 10.2 Å². The van der Waals surface area contributed by atoms with Crippen molar-refractivity contribution in [3.05, 3.63) is 0 Å². The predicted octanol–water partition coefficient (Wildman–Crippen LogP) is 1.25. The Hall–Kier alpha value is -0.840. The van der Waals surface area contributed by atoms with Gasteiger partial charge in [0.1, 0.15) is 0 Å². The first-order valence-corrected chi connectivity index (χ1v) is 7.89. The molecule has 2 aliphatic carbocycles. The largest absolute Gasteiger partial charge is 0.369 e. The number of rotatable bonds is 2. The van der Waals surface area contributed by atoms with Gasteiger partial charge < -0.3 is 16.0 Å². The van der Waals surface area contributed by atoms with Gasteiger partial charge >= 0.3 is 0 Å². The first-order valence-electron chi connectivity index (χ1n) is 7.48. The average Bonchev–Trinajstić information content (AvgIpc) is 3.01. The van der Waals surface area contributed by atoms with Crippen LogP contribution >= 0.6 is 12.2 Å². The van der Waals surface area contributed by atoms with E-state index in [9.17, 15) is 4.79 Å². The molecule has 1 heterocycles. The molecule has 2 bridgehead atoms. The highest BCUT2D eigenvalue weighted by molar-refractivity contribution is 7.80. The number of piperidine rings is 1. The topological polar surface area (TPSA) is 58.4 Å². The van der Waals surface area contributed by atoms with E-state index in [1.807, 2.05) is 0 Å². The zero-order valence-electron chi connectivity index (χ0n) is 11.3. The monoisotopic (exact) mass is 281 g/mol. The third-order valence-electron chi connectivity index (χ3n) is 5.23. The number of nitrogens with two attached hydrogens (primary N) is 1. The van der Waals surface area contributed by atoms with E-state index in [2.05, 4.69) is 10.2 Å². The van der Waals surface area contributed by atoms with E-state index in [4.69, 9.17) is 18.0 Å². The lowest BCUT2D eigenvalue weighted by atomic mass is 9.95. The number of carbonyl (C=O) groups is 1. The SMILES string of the molecule is NC(=O)C1CCN(C(=S)N[C@@H]2C[C@H]3CC[C@@H]2C3)CC1. The molecule has 2 saturated carbocycles. The van der Waals surface area contributed by atoms with Crippen LogP contribution < -0.4 is 11.1 Å². The van der Waals surface area contributed by atoms with Gasteiger partial charge in [-0.25, -0.2) is 0 Å². The van der Waals surface area contributed by atoms with Crippen LogP contribution in [0.1, 0.15) is 38.5 Å². The summed E-state index contributed by atoms with van der Waals surface area (Å²) in [7, 11) is 0. The number of nitrogens with one attached hydrogen (secondary N) is 1. The molecule has 3 fully saturated rings. The number of nitrogens with zero attached hydrogens (tertiary/aromatic N) is 1. The van der Waals surface area contributed by atoms with E-state index in [-0.39, 0.29) is 11.8 Å². The molecule has 0 spiro atoms. The summed E-state index contributed by atoms with van der Waals surface area (Å²) < 4.78 is 0. The van der Waals surface area contributed by atoms with Crippen molar-refractivity contribution in [2.75, 3.05) is 13.1 Å². The fourth-order valence-electron chi connectivity index (χ4n) is 4.04. The maximum atomic E-state index is 11.2. The van der Waals surface area contributed by atoms with Gasteiger partial charge in [-0.1, -0.05) is 6.42 Å². The molecule has 0 aromatic heterocycles. The Morgan fingerprint density at radius 2 is 1.89 bits per heavy atom. The van der Waals surface area contributed by atoms with Gasteiger partial charge in [-0.3, -0.25) is 4.79 Å². The molecule has 0 aromatic rings. The first kappa shape index (κ1) is 13.2. The van der Waals surface area contributed by atoms with Crippen molar-refractivity contribution in [1.29, 1.82) is 0 Å². The van der Waals surface area contributed by atoms with Crippen LogP contribution in [-0.4, -0.2) is 35.1 Å². The van der Waals surface area contributed by atoms with Crippen LogP contribution in [0.15, 0.2) is 0 Å². The second-order valence-corrected chi connectivity index (χ2v) is 6.78. The highest BCUT2D eigenvalue weighted by atomic mass is 32.1. The number of hydrogen-bond donors (Lipinski definition) is 2. The van der Waals surface area contributed by atoms with Crippen molar-refractivity contribution >= 4 is 23.2 Å². The molecule has 3 rings (SSSR count). The number of hydrogen-bond acceptors (Lipinski definition) is 2. The number of primary amides is 1. The van der Waals surface area contributed by atoms with Crippen LogP contribution in [0.2, 0.25) is 0 Å². The highest BCUT2D eigenvalue weighted by Gasteiger charge is 2.40. The quantitative estimate of drug-likeness (QED) is 0.748. The number of fused-ring (bicyclic) bond motifs is 2. The first-order chi connectivity index (χ1) is 9.13. The average molecular weight is 281 g/mol. The highest BCUT2D eigenvalue weighted by Crippen LogP contribution is 2.44. The summed E-state index contributed by atoms with van der Waals surface area (Å²) in [5, 5.41) is 4.45. The lowest BCUT2D eigenvalue weighted by molar-refractivity contribution is -0.122. The Bertz CT molecular complexity index is 379. The molecule has 3 N–H and O–H groups in total. The third kappa shape index (κ3) is 2.71. The Labute approximate surface area is 120 Å². The Balaban J connectivity index is 1.48. The molecular weight excluding hydrogens is 258 g/mol. The van der Waals surface area contributed by atoms with E-state index in [0.29, 0.717) is 6.04 Å². The summed E-state index contributed by atoms with van der Waals surface area (Å²) in [6.07, 6.45) is 7.16. The van der Waals surface area contributed by atoms with Crippen LogP contribution in [0.5, 0.6) is 0 Å². The molecular formula is C14H23N3OS. The van der Waals surface area contributed by atoms with E-state index >= 15 is 0 Å². The van der Waals surface area contributed by atoms with Crippen molar-refractivity contribution in [3.8, 4) is 0 Å². The van der Waals surface area contributed by atoms with Crippen LogP contribution in [0.4, 0.5) is 0 Å². The van der Waals surface area contributed by atoms with Crippen LogP contribution in [0, 0.1) is 17.8 Å². The van der Waals surface area contributed by atoms with Gasteiger partial charge in [0.15, 0.2) is 5.11 Å². The van der Waals surface area contributed by atoms with E-state index in [1.54, 1.807) is 0 Å². The molecule has 106 valence electrons. The standard InChI is InChI=1S/C14H23N3OS/c15-13(18)10-3-5-17(6-4-10)14(19)16-12-8-9-1-2-11(12)7-9/h9-12H,1-8H2,(H2,15,18)(H,16,19)/t9-,11+,12+/m0/s1. The minimum Gasteiger partial charge on any atom is -0.369 e. The lowest BCUT2D eigenvalue weighted by Gasteiger charge is -2.35. The second-order valence-electron chi connectivity index (χ2n) is 6.39. The van der Waals surface area contributed by atoms with E-state index in [1.165, 1.54) is 25.7 Å². The van der Waals surface area contributed by atoms with Gasteiger partial charge in [0.05, 0.1) is 0 Å². The zero-order valence-corrected chi connectivity index (χ0v) is 12.1. The molecule has 1 amide bonds. The normalized spacial score (nSPS) is 34.5. The Morgan fingerprint density at radius 3 is 2.42 bits per heavy atom.